The summed E-state index contributed by atoms with van der Waals surface area (Å²) >= 11 is 1.31. The van der Waals surface area contributed by atoms with Crippen molar-refractivity contribution in [3.63, 3.8) is 0 Å². The van der Waals surface area contributed by atoms with Gasteiger partial charge in [0.2, 0.25) is 0 Å². The Morgan fingerprint density at radius 1 is 1.50 bits per heavy atom. The maximum atomic E-state index is 11.0. The van der Waals surface area contributed by atoms with E-state index in [4.69, 9.17) is 5.11 Å². The topological polar surface area (TPSA) is 92.5 Å². The van der Waals surface area contributed by atoms with E-state index in [-0.39, 0.29) is 5.69 Å². The van der Waals surface area contributed by atoms with E-state index in [2.05, 4.69) is 5.32 Å². The molecule has 1 rings (SSSR count). The van der Waals surface area contributed by atoms with Gasteiger partial charge < -0.3 is 10.4 Å². The second-order valence-corrected chi connectivity index (χ2v) is 5.34. The molecule has 0 radical (unpaired) electrons. The van der Waals surface area contributed by atoms with Crippen LogP contribution in [0.2, 0.25) is 0 Å². The zero-order valence-electron chi connectivity index (χ0n) is 11.2. The van der Waals surface area contributed by atoms with Crippen LogP contribution in [0, 0.1) is 10.1 Å². The van der Waals surface area contributed by atoms with Gasteiger partial charge in [-0.1, -0.05) is 19.1 Å². The van der Waals surface area contributed by atoms with Crippen LogP contribution in [0.15, 0.2) is 29.2 Å². The van der Waals surface area contributed by atoms with Crippen LogP contribution in [0.4, 0.5) is 5.69 Å². The van der Waals surface area contributed by atoms with Gasteiger partial charge in [-0.3, -0.25) is 14.9 Å². The molecule has 1 aromatic rings. The maximum absolute atomic E-state index is 11.0. The second kappa shape index (κ2) is 8.55. The molecule has 1 aromatic carbocycles. The van der Waals surface area contributed by atoms with E-state index in [1.165, 1.54) is 17.8 Å². The van der Waals surface area contributed by atoms with Crippen molar-refractivity contribution in [2.75, 3.05) is 12.3 Å². The first kappa shape index (κ1) is 16.5. The Morgan fingerprint density at radius 2 is 2.20 bits per heavy atom. The lowest BCUT2D eigenvalue weighted by Crippen LogP contribution is -2.37. The lowest BCUT2D eigenvalue weighted by Gasteiger charge is -2.13. The lowest BCUT2D eigenvalue weighted by molar-refractivity contribution is -0.387. The van der Waals surface area contributed by atoms with Crippen molar-refractivity contribution in [2.24, 2.45) is 0 Å². The summed E-state index contributed by atoms with van der Waals surface area (Å²) in [5, 5.41) is 22.9. The second-order valence-electron chi connectivity index (χ2n) is 4.21. The van der Waals surface area contributed by atoms with Crippen LogP contribution in [0.5, 0.6) is 0 Å². The van der Waals surface area contributed by atoms with Crippen molar-refractivity contribution in [1.82, 2.24) is 5.32 Å². The highest BCUT2D eigenvalue weighted by Gasteiger charge is 2.17. The Kier molecular flexibility index (Phi) is 7.03. The molecule has 0 spiro atoms. The van der Waals surface area contributed by atoms with Gasteiger partial charge >= 0.3 is 5.97 Å². The first-order valence-corrected chi connectivity index (χ1v) is 7.37. The fraction of sp³-hybridized carbons (Fsp3) is 0.462. The van der Waals surface area contributed by atoms with Crippen LogP contribution in [-0.4, -0.2) is 34.3 Å². The predicted molar refractivity (Wildman–Crippen MR) is 78.2 cm³/mol. The minimum Gasteiger partial charge on any atom is -0.480 e. The van der Waals surface area contributed by atoms with E-state index in [9.17, 15) is 14.9 Å². The van der Waals surface area contributed by atoms with Gasteiger partial charge in [0.15, 0.2) is 0 Å². The van der Waals surface area contributed by atoms with Gasteiger partial charge in [-0.2, -0.15) is 0 Å². The van der Waals surface area contributed by atoms with Crippen molar-refractivity contribution in [2.45, 2.75) is 30.7 Å². The van der Waals surface area contributed by atoms with E-state index in [1.807, 2.05) is 6.92 Å². The van der Waals surface area contributed by atoms with Gasteiger partial charge in [-0.25, -0.2) is 0 Å². The molecule has 0 bridgehead atoms. The van der Waals surface area contributed by atoms with Crippen molar-refractivity contribution in [1.29, 1.82) is 0 Å². The number of benzene rings is 1. The number of hydrogen-bond donors (Lipinski definition) is 2. The number of carboxylic acids is 1. The average molecular weight is 298 g/mol. The normalized spacial score (nSPS) is 12.1. The maximum Gasteiger partial charge on any atom is 0.320 e. The number of nitrogens with zero attached hydrogens (tertiary/aromatic N) is 1. The number of hydrogen-bond acceptors (Lipinski definition) is 5. The van der Waals surface area contributed by atoms with Crippen LogP contribution in [0.3, 0.4) is 0 Å². The zero-order valence-corrected chi connectivity index (χ0v) is 12.1. The van der Waals surface area contributed by atoms with E-state index < -0.39 is 16.9 Å². The molecule has 0 aliphatic heterocycles. The Bertz CT molecular complexity index is 467. The molecule has 0 aliphatic rings. The van der Waals surface area contributed by atoms with Gasteiger partial charge in [-0.05, 0) is 25.5 Å². The molecule has 1 atom stereocenters. The van der Waals surface area contributed by atoms with E-state index in [1.54, 1.807) is 18.2 Å². The highest BCUT2D eigenvalue weighted by atomic mass is 32.2. The van der Waals surface area contributed by atoms with Crippen LogP contribution in [0.1, 0.15) is 19.8 Å². The molecule has 0 aliphatic carbocycles. The molecular formula is C13H18N2O4S. The molecule has 0 fully saturated rings. The molecule has 0 amide bonds. The largest absolute Gasteiger partial charge is 0.480 e. The van der Waals surface area contributed by atoms with Gasteiger partial charge in [0.05, 0.1) is 9.82 Å². The minimum absolute atomic E-state index is 0.0610. The third-order valence-corrected chi connectivity index (χ3v) is 3.76. The highest BCUT2D eigenvalue weighted by molar-refractivity contribution is 7.99. The summed E-state index contributed by atoms with van der Waals surface area (Å²) < 4.78 is 0. The van der Waals surface area contributed by atoms with Crippen molar-refractivity contribution < 1.29 is 14.8 Å². The molecular weight excluding hydrogens is 280 g/mol. The number of nitrogens with one attached hydrogen (secondary N) is 1. The molecule has 0 saturated carbocycles. The molecule has 0 aromatic heterocycles. The average Bonchev–Trinajstić information content (AvgIpc) is 2.42. The van der Waals surface area contributed by atoms with Gasteiger partial charge in [0, 0.05) is 11.8 Å². The Labute approximate surface area is 121 Å². The minimum atomic E-state index is -0.887. The summed E-state index contributed by atoms with van der Waals surface area (Å²) in [6, 6.07) is 5.87. The van der Waals surface area contributed by atoms with Crippen LogP contribution in [0.25, 0.3) is 0 Å². The quantitative estimate of drug-likeness (QED) is 0.413. The number of nitro groups is 1. The van der Waals surface area contributed by atoms with E-state index in [0.29, 0.717) is 23.6 Å². The SMILES string of the molecule is CCCNC(CCSc1ccccc1[N+](=O)[O-])C(=O)O. The smallest absolute Gasteiger partial charge is 0.320 e. The summed E-state index contributed by atoms with van der Waals surface area (Å²) in [5.74, 6) is -0.375. The summed E-state index contributed by atoms with van der Waals surface area (Å²) in [6.45, 7) is 2.61. The molecule has 2 N–H and O–H groups in total. The van der Waals surface area contributed by atoms with Crippen molar-refractivity contribution in [3.05, 3.63) is 34.4 Å². The molecule has 110 valence electrons. The fourth-order valence-electron chi connectivity index (χ4n) is 1.65. The predicted octanol–water partition coefficient (Wildman–Crippen LogP) is 2.53. The molecule has 0 saturated heterocycles. The molecule has 1 unspecified atom stereocenters. The summed E-state index contributed by atoms with van der Waals surface area (Å²) in [6.07, 6.45) is 1.28. The molecule has 6 nitrogen and oxygen atoms in total. The number of rotatable bonds is 9. The van der Waals surface area contributed by atoms with Crippen LogP contribution < -0.4 is 5.32 Å². The fourth-order valence-corrected chi connectivity index (χ4v) is 2.69. The van der Waals surface area contributed by atoms with Crippen molar-refractivity contribution >= 4 is 23.4 Å². The molecule has 20 heavy (non-hydrogen) atoms. The highest BCUT2D eigenvalue weighted by Crippen LogP contribution is 2.29. The standard InChI is InChI=1S/C13H18N2O4S/c1-2-8-14-10(13(16)17)7-9-20-12-6-4-3-5-11(12)15(18)19/h3-6,10,14H,2,7-9H2,1H3,(H,16,17). The van der Waals surface area contributed by atoms with Gasteiger partial charge in [0.1, 0.15) is 6.04 Å². The number of para-hydroxylation sites is 1. The number of aliphatic carboxylic acids is 1. The van der Waals surface area contributed by atoms with Gasteiger partial charge in [-0.15, -0.1) is 11.8 Å². The number of thioether (sulfide) groups is 1. The summed E-state index contributed by atoms with van der Waals surface area (Å²) in [5.41, 5.74) is 0.0610. The van der Waals surface area contributed by atoms with Crippen molar-refractivity contribution in [3.8, 4) is 0 Å². The number of carbonyl (C=O) groups is 1. The zero-order chi connectivity index (χ0) is 15.0. The Hall–Kier alpha value is -1.60. The lowest BCUT2D eigenvalue weighted by atomic mass is 10.2. The van der Waals surface area contributed by atoms with Gasteiger partial charge in [0.25, 0.3) is 5.69 Å². The number of carboxylic acid groups (broad SMARTS) is 1. The first-order valence-electron chi connectivity index (χ1n) is 6.38. The van der Waals surface area contributed by atoms with Crippen LogP contribution in [-0.2, 0) is 4.79 Å². The summed E-state index contributed by atoms with van der Waals surface area (Å²) in [4.78, 5) is 22.0. The van der Waals surface area contributed by atoms with E-state index in [0.717, 1.165) is 6.42 Å². The monoisotopic (exact) mass is 298 g/mol. The third-order valence-electron chi connectivity index (χ3n) is 2.66. The summed E-state index contributed by atoms with van der Waals surface area (Å²) in [7, 11) is 0. The Balaban J connectivity index is 2.54. The first-order chi connectivity index (χ1) is 9.56. The molecule has 7 heteroatoms. The molecule has 0 heterocycles. The Morgan fingerprint density at radius 3 is 2.80 bits per heavy atom. The van der Waals surface area contributed by atoms with Crippen LogP contribution >= 0.6 is 11.8 Å². The number of nitro benzene ring substituents is 1. The third kappa shape index (κ3) is 5.18. The van der Waals surface area contributed by atoms with E-state index >= 15 is 0 Å².